The molecular formula is C22H26N2O. The van der Waals surface area contributed by atoms with Gasteiger partial charge in [0.15, 0.2) is 0 Å². The van der Waals surface area contributed by atoms with Crippen LogP contribution in [0.4, 0.5) is 0 Å². The summed E-state index contributed by atoms with van der Waals surface area (Å²) in [6, 6.07) is 18.5. The van der Waals surface area contributed by atoms with Crippen molar-refractivity contribution in [1.82, 2.24) is 10.3 Å². The first kappa shape index (κ1) is 17.3. The van der Waals surface area contributed by atoms with Crippen molar-refractivity contribution >= 4 is 16.8 Å². The molecular weight excluding hydrogens is 308 g/mol. The number of aromatic amines is 1. The summed E-state index contributed by atoms with van der Waals surface area (Å²) in [6.45, 7) is 4.38. The highest BCUT2D eigenvalue weighted by atomic mass is 16.1. The van der Waals surface area contributed by atoms with E-state index in [1.165, 1.54) is 16.5 Å². The molecule has 0 saturated carbocycles. The number of hydrogen-bond acceptors (Lipinski definition) is 1. The minimum Gasteiger partial charge on any atom is -0.361 e. The van der Waals surface area contributed by atoms with E-state index < -0.39 is 0 Å². The van der Waals surface area contributed by atoms with Crippen molar-refractivity contribution in [3.63, 3.8) is 0 Å². The van der Waals surface area contributed by atoms with Gasteiger partial charge in [-0.25, -0.2) is 0 Å². The van der Waals surface area contributed by atoms with Crippen LogP contribution in [-0.2, 0) is 11.2 Å². The van der Waals surface area contributed by atoms with Gasteiger partial charge in [0, 0.05) is 23.5 Å². The van der Waals surface area contributed by atoms with Gasteiger partial charge >= 0.3 is 0 Å². The van der Waals surface area contributed by atoms with Crippen LogP contribution in [0.5, 0.6) is 0 Å². The fraction of sp³-hybridized carbons (Fsp3) is 0.318. The Bertz CT molecular complexity index is 820. The lowest BCUT2D eigenvalue weighted by Crippen LogP contribution is -2.29. The number of aryl methyl sites for hydroxylation is 1. The van der Waals surface area contributed by atoms with E-state index in [1.54, 1.807) is 0 Å². The number of H-pyrrole nitrogens is 1. The highest BCUT2D eigenvalue weighted by molar-refractivity contribution is 5.84. The number of aromatic nitrogens is 1. The van der Waals surface area contributed by atoms with Crippen LogP contribution in [0.25, 0.3) is 10.9 Å². The maximum atomic E-state index is 12.5. The monoisotopic (exact) mass is 334 g/mol. The SMILES string of the molecule is CC(C)C[C@H](NC(=O)CCc1c[nH]c2ccccc12)c1ccccc1. The average molecular weight is 334 g/mol. The molecule has 3 heteroatoms. The van der Waals surface area contributed by atoms with Crippen molar-refractivity contribution in [1.29, 1.82) is 0 Å². The Morgan fingerprint density at radius 2 is 1.76 bits per heavy atom. The number of fused-ring (bicyclic) bond motifs is 1. The normalized spacial score (nSPS) is 12.4. The molecule has 1 amide bonds. The first-order chi connectivity index (χ1) is 12.1. The van der Waals surface area contributed by atoms with Gasteiger partial charge in [-0.15, -0.1) is 0 Å². The molecule has 25 heavy (non-hydrogen) atoms. The second kappa shape index (κ2) is 8.02. The molecule has 0 unspecified atom stereocenters. The van der Waals surface area contributed by atoms with Crippen LogP contribution in [0.15, 0.2) is 60.8 Å². The number of carbonyl (C=O) groups is 1. The fourth-order valence-corrected chi connectivity index (χ4v) is 3.29. The summed E-state index contributed by atoms with van der Waals surface area (Å²) in [6.07, 6.45) is 4.21. The molecule has 1 heterocycles. The molecule has 0 fully saturated rings. The van der Waals surface area contributed by atoms with E-state index in [-0.39, 0.29) is 11.9 Å². The lowest BCUT2D eigenvalue weighted by atomic mass is 9.96. The number of carbonyl (C=O) groups excluding carboxylic acids is 1. The third-order valence-corrected chi connectivity index (χ3v) is 4.54. The predicted octanol–water partition coefficient (Wildman–Crippen LogP) is 5.00. The van der Waals surface area contributed by atoms with Crippen LogP contribution < -0.4 is 5.32 Å². The molecule has 0 radical (unpaired) electrons. The third-order valence-electron chi connectivity index (χ3n) is 4.54. The molecule has 0 aliphatic heterocycles. The Balaban J connectivity index is 1.63. The average Bonchev–Trinajstić information content (AvgIpc) is 3.03. The van der Waals surface area contributed by atoms with E-state index in [2.05, 4.69) is 48.4 Å². The first-order valence-corrected chi connectivity index (χ1v) is 9.03. The standard InChI is InChI=1S/C22H26N2O/c1-16(2)14-21(17-8-4-3-5-9-17)24-22(25)13-12-18-15-23-20-11-7-6-10-19(18)20/h3-11,15-16,21,23H,12-14H2,1-2H3,(H,24,25)/t21-/m0/s1. The third kappa shape index (κ3) is 4.50. The smallest absolute Gasteiger partial charge is 0.220 e. The molecule has 3 rings (SSSR count). The van der Waals surface area contributed by atoms with E-state index in [4.69, 9.17) is 0 Å². The molecule has 130 valence electrons. The molecule has 3 nitrogen and oxygen atoms in total. The van der Waals surface area contributed by atoms with Crippen LogP contribution >= 0.6 is 0 Å². The Hall–Kier alpha value is -2.55. The number of nitrogens with one attached hydrogen (secondary N) is 2. The minimum atomic E-state index is 0.0802. The molecule has 0 saturated heterocycles. The van der Waals surface area contributed by atoms with Crippen molar-refractivity contribution in [2.45, 2.75) is 39.2 Å². The van der Waals surface area contributed by atoms with Gasteiger partial charge in [-0.2, -0.15) is 0 Å². The zero-order valence-corrected chi connectivity index (χ0v) is 15.0. The van der Waals surface area contributed by atoms with Crippen molar-refractivity contribution in [2.24, 2.45) is 5.92 Å². The maximum Gasteiger partial charge on any atom is 0.220 e. The van der Waals surface area contributed by atoms with E-state index in [9.17, 15) is 4.79 Å². The van der Waals surface area contributed by atoms with Crippen molar-refractivity contribution in [3.8, 4) is 0 Å². The zero-order valence-electron chi connectivity index (χ0n) is 15.0. The number of amides is 1. The molecule has 0 aliphatic rings. The first-order valence-electron chi connectivity index (χ1n) is 9.03. The quantitative estimate of drug-likeness (QED) is 0.627. The lowest BCUT2D eigenvalue weighted by Gasteiger charge is -2.21. The van der Waals surface area contributed by atoms with Crippen molar-refractivity contribution in [3.05, 3.63) is 71.9 Å². The molecule has 0 bridgehead atoms. The van der Waals surface area contributed by atoms with E-state index in [1.807, 2.05) is 36.5 Å². The molecule has 0 spiro atoms. The van der Waals surface area contributed by atoms with Gasteiger partial charge in [-0.05, 0) is 36.0 Å². The molecule has 1 atom stereocenters. The molecule has 3 aromatic rings. The van der Waals surface area contributed by atoms with Gasteiger partial charge in [0.05, 0.1) is 6.04 Å². The highest BCUT2D eigenvalue weighted by Gasteiger charge is 2.16. The molecule has 2 aromatic carbocycles. The Morgan fingerprint density at radius 3 is 2.52 bits per heavy atom. The second-order valence-electron chi connectivity index (χ2n) is 7.02. The molecule has 0 aliphatic carbocycles. The topological polar surface area (TPSA) is 44.9 Å². The van der Waals surface area contributed by atoms with Gasteiger partial charge < -0.3 is 10.3 Å². The van der Waals surface area contributed by atoms with Gasteiger partial charge in [0.2, 0.25) is 5.91 Å². The maximum absolute atomic E-state index is 12.5. The number of para-hydroxylation sites is 1. The lowest BCUT2D eigenvalue weighted by molar-refractivity contribution is -0.121. The summed E-state index contributed by atoms with van der Waals surface area (Å²) in [5, 5.41) is 4.43. The Kier molecular flexibility index (Phi) is 5.54. The van der Waals surface area contributed by atoms with Gasteiger partial charge in [0.1, 0.15) is 0 Å². The summed E-state index contributed by atoms with van der Waals surface area (Å²) >= 11 is 0. The molecule has 2 N–H and O–H groups in total. The van der Waals surface area contributed by atoms with Gasteiger partial charge in [0.25, 0.3) is 0 Å². The van der Waals surface area contributed by atoms with E-state index >= 15 is 0 Å². The van der Waals surface area contributed by atoms with Crippen LogP contribution in [0.3, 0.4) is 0 Å². The van der Waals surface area contributed by atoms with Crippen LogP contribution in [0, 0.1) is 5.92 Å². The number of benzene rings is 2. The number of rotatable bonds is 7. The van der Waals surface area contributed by atoms with E-state index in [0.29, 0.717) is 12.3 Å². The summed E-state index contributed by atoms with van der Waals surface area (Å²) < 4.78 is 0. The van der Waals surface area contributed by atoms with E-state index in [0.717, 1.165) is 18.4 Å². The van der Waals surface area contributed by atoms with Crippen molar-refractivity contribution < 1.29 is 4.79 Å². The summed E-state index contributed by atoms with van der Waals surface area (Å²) in [4.78, 5) is 15.8. The predicted molar refractivity (Wildman–Crippen MR) is 103 cm³/mol. The second-order valence-corrected chi connectivity index (χ2v) is 7.02. The van der Waals surface area contributed by atoms with Gasteiger partial charge in [-0.1, -0.05) is 62.4 Å². The van der Waals surface area contributed by atoms with Crippen LogP contribution in [0.1, 0.15) is 43.9 Å². The summed E-state index contributed by atoms with van der Waals surface area (Å²) in [7, 11) is 0. The van der Waals surface area contributed by atoms with Crippen molar-refractivity contribution in [2.75, 3.05) is 0 Å². The summed E-state index contributed by atoms with van der Waals surface area (Å²) in [5.41, 5.74) is 3.50. The van der Waals surface area contributed by atoms with Gasteiger partial charge in [-0.3, -0.25) is 4.79 Å². The molecule has 1 aromatic heterocycles. The Labute approximate surface area is 149 Å². The zero-order chi connectivity index (χ0) is 17.6. The number of hydrogen-bond donors (Lipinski definition) is 2. The highest BCUT2D eigenvalue weighted by Crippen LogP contribution is 2.22. The Morgan fingerprint density at radius 1 is 1.04 bits per heavy atom. The fourth-order valence-electron chi connectivity index (χ4n) is 3.29. The minimum absolute atomic E-state index is 0.0802. The largest absolute Gasteiger partial charge is 0.361 e. The van der Waals surface area contributed by atoms with Crippen LogP contribution in [-0.4, -0.2) is 10.9 Å². The summed E-state index contributed by atoms with van der Waals surface area (Å²) in [5.74, 6) is 0.638. The van der Waals surface area contributed by atoms with Crippen LogP contribution in [0.2, 0.25) is 0 Å².